The molecular formula is C12H10ClNO4S2. The molecule has 5 nitrogen and oxygen atoms in total. The Morgan fingerprint density at radius 3 is 2.70 bits per heavy atom. The van der Waals surface area contributed by atoms with E-state index in [0.717, 1.165) is 0 Å². The van der Waals surface area contributed by atoms with Crippen LogP contribution in [-0.2, 0) is 15.6 Å². The lowest BCUT2D eigenvalue weighted by molar-refractivity contribution is 0.0696. The fourth-order valence-electron chi connectivity index (χ4n) is 1.78. The summed E-state index contributed by atoms with van der Waals surface area (Å²) >= 11 is 7.04. The van der Waals surface area contributed by atoms with Crippen molar-refractivity contribution < 1.29 is 18.3 Å². The summed E-state index contributed by atoms with van der Waals surface area (Å²) in [7, 11) is -3.67. The van der Waals surface area contributed by atoms with E-state index in [9.17, 15) is 13.2 Å². The number of nitrogens with zero attached hydrogens (tertiary/aromatic N) is 1. The van der Waals surface area contributed by atoms with Gasteiger partial charge in [-0.25, -0.2) is 13.2 Å². The second-order valence-corrected chi connectivity index (χ2v) is 7.47. The van der Waals surface area contributed by atoms with Crippen LogP contribution >= 0.6 is 22.9 Å². The molecule has 0 spiro atoms. The number of hydrogen-bond donors (Lipinski definition) is 1. The molecule has 106 valence electrons. The van der Waals surface area contributed by atoms with Crippen molar-refractivity contribution in [2.45, 2.75) is 17.6 Å². The zero-order valence-corrected chi connectivity index (χ0v) is 12.7. The lowest BCUT2D eigenvalue weighted by atomic mass is 10.1. The summed E-state index contributed by atoms with van der Waals surface area (Å²) in [6, 6.07) is 2.52. The van der Waals surface area contributed by atoms with Crippen LogP contribution in [0.3, 0.4) is 0 Å². The molecule has 0 radical (unpaired) electrons. The number of hydrogen-bond acceptors (Lipinski definition) is 5. The molecule has 1 aromatic heterocycles. The van der Waals surface area contributed by atoms with Crippen molar-refractivity contribution in [1.82, 2.24) is 4.98 Å². The zero-order valence-electron chi connectivity index (χ0n) is 10.3. The molecule has 0 aliphatic heterocycles. The molecule has 2 aromatic rings. The highest BCUT2D eigenvalue weighted by Crippen LogP contribution is 2.27. The van der Waals surface area contributed by atoms with E-state index in [1.807, 2.05) is 0 Å². The molecule has 1 N–H and O–H groups in total. The smallest absolute Gasteiger partial charge is 0.336 e. The van der Waals surface area contributed by atoms with Gasteiger partial charge in [0.05, 0.1) is 21.7 Å². The third-order valence-corrected chi connectivity index (χ3v) is 5.67. The van der Waals surface area contributed by atoms with E-state index in [1.54, 1.807) is 5.51 Å². The second kappa shape index (κ2) is 5.51. The molecule has 8 heteroatoms. The van der Waals surface area contributed by atoms with Crippen LogP contribution in [0, 0.1) is 6.92 Å². The molecule has 0 aliphatic rings. The van der Waals surface area contributed by atoms with Crippen molar-refractivity contribution in [3.63, 3.8) is 0 Å². The lowest BCUT2D eigenvalue weighted by Gasteiger charge is -2.10. The standard InChI is InChI=1S/C12H10ClNO4S2/c1-7-10(12(15)16)2-8(13)3-11(7)20(17,18)5-9-4-14-6-19-9/h2-4,6H,5H2,1H3,(H,15,16). The number of sulfone groups is 1. The molecule has 0 amide bonds. The van der Waals surface area contributed by atoms with Gasteiger partial charge < -0.3 is 5.11 Å². The summed E-state index contributed by atoms with van der Waals surface area (Å²) in [5.74, 6) is -1.43. The first-order valence-corrected chi connectivity index (χ1v) is 8.36. The van der Waals surface area contributed by atoms with Crippen LogP contribution in [0.1, 0.15) is 20.8 Å². The maximum Gasteiger partial charge on any atom is 0.336 e. The summed E-state index contributed by atoms with van der Waals surface area (Å²) in [5, 5.41) is 9.16. The lowest BCUT2D eigenvalue weighted by Crippen LogP contribution is -2.10. The first-order valence-electron chi connectivity index (χ1n) is 5.45. The zero-order chi connectivity index (χ0) is 14.9. The van der Waals surface area contributed by atoms with Gasteiger partial charge in [-0.1, -0.05) is 11.6 Å². The largest absolute Gasteiger partial charge is 0.478 e. The Bertz CT molecular complexity index is 754. The van der Waals surface area contributed by atoms with Gasteiger partial charge in [-0.15, -0.1) is 11.3 Å². The number of halogens is 1. The van der Waals surface area contributed by atoms with E-state index in [0.29, 0.717) is 4.88 Å². The number of rotatable bonds is 4. The number of carboxylic acid groups (broad SMARTS) is 1. The SMILES string of the molecule is Cc1c(C(=O)O)cc(Cl)cc1S(=O)(=O)Cc1cncs1. The molecule has 0 unspecified atom stereocenters. The molecule has 20 heavy (non-hydrogen) atoms. The summed E-state index contributed by atoms with van der Waals surface area (Å²) in [6.07, 6.45) is 1.47. The molecule has 2 rings (SSSR count). The van der Waals surface area contributed by atoms with Crippen LogP contribution in [-0.4, -0.2) is 24.5 Å². The van der Waals surface area contributed by atoms with Gasteiger partial charge in [-0.3, -0.25) is 4.98 Å². The van der Waals surface area contributed by atoms with Crippen molar-refractivity contribution in [2.24, 2.45) is 0 Å². The van der Waals surface area contributed by atoms with Gasteiger partial charge in [0.15, 0.2) is 9.84 Å². The van der Waals surface area contributed by atoms with Crippen LogP contribution in [0.5, 0.6) is 0 Å². The molecule has 0 saturated heterocycles. The predicted molar refractivity (Wildman–Crippen MR) is 76.2 cm³/mol. The predicted octanol–water partition coefficient (Wildman–Crippen LogP) is 2.78. The monoisotopic (exact) mass is 331 g/mol. The Hall–Kier alpha value is -1.44. The summed E-state index contributed by atoms with van der Waals surface area (Å²) < 4.78 is 24.7. The van der Waals surface area contributed by atoms with Gasteiger partial charge in [0.2, 0.25) is 0 Å². The third-order valence-electron chi connectivity index (χ3n) is 2.71. The normalized spacial score (nSPS) is 11.5. The van der Waals surface area contributed by atoms with Crippen LogP contribution < -0.4 is 0 Å². The van der Waals surface area contributed by atoms with Gasteiger partial charge in [-0.05, 0) is 24.6 Å². The third kappa shape index (κ3) is 3.00. The Kier molecular flexibility index (Phi) is 4.12. The molecule has 1 aromatic carbocycles. The number of carbonyl (C=O) groups is 1. The first kappa shape index (κ1) is 15.0. The Balaban J connectivity index is 2.54. The quantitative estimate of drug-likeness (QED) is 0.931. The molecule has 0 bridgehead atoms. The minimum atomic E-state index is -3.67. The topological polar surface area (TPSA) is 84.3 Å². The maximum absolute atomic E-state index is 12.4. The number of benzene rings is 1. The van der Waals surface area contributed by atoms with Crippen LogP contribution in [0.2, 0.25) is 5.02 Å². The molecule has 0 fully saturated rings. The number of aromatic nitrogens is 1. The highest BCUT2D eigenvalue weighted by atomic mass is 35.5. The fourth-order valence-corrected chi connectivity index (χ4v) is 4.66. The van der Waals surface area contributed by atoms with Gasteiger partial charge in [-0.2, -0.15) is 0 Å². The van der Waals surface area contributed by atoms with Gasteiger partial charge in [0.25, 0.3) is 0 Å². The van der Waals surface area contributed by atoms with Gasteiger partial charge in [0.1, 0.15) is 0 Å². The fraction of sp³-hybridized carbons (Fsp3) is 0.167. The molecule has 0 saturated carbocycles. The number of carboxylic acids is 1. The van der Waals surface area contributed by atoms with E-state index in [1.165, 1.54) is 36.6 Å². The van der Waals surface area contributed by atoms with E-state index >= 15 is 0 Å². The number of aromatic carboxylic acids is 1. The molecular weight excluding hydrogens is 322 g/mol. The van der Waals surface area contributed by atoms with E-state index < -0.39 is 15.8 Å². The molecule has 0 aliphatic carbocycles. The summed E-state index contributed by atoms with van der Waals surface area (Å²) in [5.41, 5.74) is 1.62. The minimum Gasteiger partial charge on any atom is -0.478 e. The van der Waals surface area contributed by atoms with Gasteiger partial charge in [0, 0.05) is 16.1 Å². The van der Waals surface area contributed by atoms with Crippen LogP contribution in [0.25, 0.3) is 0 Å². The Morgan fingerprint density at radius 2 is 2.15 bits per heavy atom. The highest BCUT2D eigenvalue weighted by Gasteiger charge is 2.23. The van der Waals surface area contributed by atoms with Crippen molar-refractivity contribution in [1.29, 1.82) is 0 Å². The minimum absolute atomic E-state index is 0.0594. The van der Waals surface area contributed by atoms with Crippen molar-refractivity contribution in [3.8, 4) is 0 Å². The average Bonchev–Trinajstić information content (AvgIpc) is 2.83. The van der Waals surface area contributed by atoms with Crippen molar-refractivity contribution in [2.75, 3.05) is 0 Å². The maximum atomic E-state index is 12.4. The van der Waals surface area contributed by atoms with E-state index in [-0.39, 0.29) is 26.8 Å². The summed E-state index contributed by atoms with van der Waals surface area (Å²) in [4.78, 5) is 15.5. The van der Waals surface area contributed by atoms with E-state index in [2.05, 4.69) is 4.98 Å². The van der Waals surface area contributed by atoms with Crippen molar-refractivity contribution >= 4 is 38.7 Å². The van der Waals surface area contributed by atoms with E-state index in [4.69, 9.17) is 16.7 Å². The summed E-state index contributed by atoms with van der Waals surface area (Å²) in [6.45, 7) is 1.46. The molecule has 0 atom stereocenters. The van der Waals surface area contributed by atoms with Crippen molar-refractivity contribution in [3.05, 3.63) is 44.9 Å². The Morgan fingerprint density at radius 1 is 1.45 bits per heavy atom. The molecule has 1 heterocycles. The second-order valence-electron chi connectivity index (χ2n) is 4.11. The first-order chi connectivity index (χ1) is 9.31. The van der Waals surface area contributed by atoms with Gasteiger partial charge >= 0.3 is 5.97 Å². The number of thiazole rings is 1. The van der Waals surface area contributed by atoms with Crippen LogP contribution in [0.15, 0.2) is 28.7 Å². The Labute approximate surface area is 124 Å². The van der Waals surface area contributed by atoms with Crippen LogP contribution in [0.4, 0.5) is 0 Å². The average molecular weight is 332 g/mol. The highest BCUT2D eigenvalue weighted by molar-refractivity contribution is 7.90.